The zero-order valence-corrected chi connectivity index (χ0v) is 11.6. The van der Waals surface area contributed by atoms with Gasteiger partial charge in [0.25, 0.3) is 5.91 Å². The molecule has 0 bridgehead atoms. The van der Waals surface area contributed by atoms with Crippen LogP contribution in [0.5, 0.6) is 11.5 Å². The van der Waals surface area contributed by atoms with E-state index in [-0.39, 0.29) is 35.4 Å². The Labute approximate surface area is 117 Å². The van der Waals surface area contributed by atoms with Gasteiger partial charge >= 0.3 is 0 Å². The van der Waals surface area contributed by atoms with E-state index in [0.29, 0.717) is 13.1 Å². The Hall–Kier alpha value is -2.24. The van der Waals surface area contributed by atoms with Crippen LogP contribution in [0.2, 0.25) is 0 Å². The van der Waals surface area contributed by atoms with E-state index in [1.807, 2.05) is 0 Å². The quantitative estimate of drug-likeness (QED) is 0.864. The highest BCUT2D eigenvalue weighted by atomic mass is 16.5. The average Bonchev–Trinajstić information content (AvgIpc) is 2.61. The third-order valence-electron chi connectivity index (χ3n) is 3.41. The summed E-state index contributed by atoms with van der Waals surface area (Å²) in [6.07, 6.45) is 0.721. The van der Waals surface area contributed by atoms with Gasteiger partial charge in [-0.2, -0.15) is 0 Å². The number of carbonyl (C=O) groups excluding carboxylic acids is 2. The van der Waals surface area contributed by atoms with Crippen molar-refractivity contribution in [1.29, 1.82) is 0 Å². The van der Waals surface area contributed by atoms with Crippen LogP contribution >= 0.6 is 0 Å². The Bertz CT molecular complexity index is 530. The molecular formula is C14H18N2O4. The minimum absolute atomic E-state index is 0.0337. The van der Waals surface area contributed by atoms with Gasteiger partial charge in [0.2, 0.25) is 5.91 Å². The van der Waals surface area contributed by atoms with E-state index < -0.39 is 0 Å². The van der Waals surface area contributed by atoms with Gasteiger partial charge in [-0.05, 0) is 18.6 Å². The Kier molecular flexibility index (Phi) is 4.12. The minimum atomic E-state index is -0.356. The van der Waals surface area contributed by atoms with Crippen LogP contribution in [0.25, 0.3) is 0 Å². The van der Waals surface area contributed by atoms with E-state index in [0.717, 1.165) is 6.42 Å². The van der Waals surface area contributed by atoms with Crippen molar-refractivity contribution in [3.05, 3.63) is 23.8 Å². The van der Waals surface area contributed by atoms with Gasteiger partial charge in [0.05, 0.1) is 12.7 Å². The van der Waals surface area contributed by atoms with Crippen molar-refractivity contribution in [1.82, 2.24) is 9.80 Å². The van der Waals surface area contributed by atoms with E-state index in [1.54, 1.807) is 24.1 Å². The van der Waals surface area contributed by atoms with E-state index in [2.05, 4.69) is 0 Å². The molecule has 1 aliphatic heterocycles. The molecule has 0 aromatic heterocycles. The van der Waals surface area contributed by atoms with Crippen LogP contribution in [0.3, 0.4) is 0 Å². The number of aromatic hydroxyl groups is 1. The summed E-state index contributed by atoms with van der Waals surface area (Å²) < 4.78 is 4.99. The summed E-state index contributed by atoms with van der Waals surface area (Å²) >= 11 is 0. The fourth-order valence-electron chi connectivity index (χ4n) is 2.19. The SMILES string of the molecule is COc1cccc(C(=O)N2CCCN(C)C(=O)C2)c1O. The summed E-state index contributed by atoms with van der Waals surface area (Å²) in [5, 5.41) is 10.0. The molecule has 1 aromatic carbocycles. The number of amides is 2. The maximum Gasteiger partial charge on any atom is 0.258 e. The molecule has 6 heteroatoms. The molecule has 0 atom stereocenters. The molecule has 1 aromatic rings. The third kappa shape index (κ3) is 2.68. The number of ether oxygens (including phenoxy) is 1. The predicted molar refractivity (Wildman–Crippen MR) is 72.8 cm³/mol. The van der Waals surface area contributed by atoms with Crippen molar-refractivity contribution in [2.24, 2.45) is 0 Å². The van der Waals surface area contributed by atoms with E-state index in [9.17, 15) is 14.7 Å². The van der Waals surface area contributed by atoms with Crippen molar-refractivity contribution in [2.75, 3.05) is 33.8 Å². The zero-order valence-electron chi connectivity index (χ0n) is 11.6. The molecule has 2 amide bonds. The largest absolute Gasteiger partial charge is 0.504 e. The number of methoxy groups -OCH3 is 1. The average molecular weight is 278 g/mol. The second kappa shape index (κ2) is 5.81. The number of benzene rings is 1. The van der Waals surface area contributed by atoms with Gasteiger partial charge in [-0.3, -0.25) is 9.59 Å². The fraction of sp³-hybridized carbons (Fsp3) is 0.429. The van der Waals surface area contributed by atoms with Gasteiger partial charge < -0.3 is 19.6 Å². The van der Waals surface area contributed by atoms with Gasteiger partial charge in [-0.15, -0.1) is 0 Å². The Morgan fingerprint density at radius 1 is 1.35 bits per heavy atom. The number of hydrogen-bond donors (Lipinski definition) is 1. The second-order valence-electron chi connectivity index (χ2n) is 4.75. The maximum atomic E-state index is 12.4. The Balaban J connectivity index is 2.25. The molecule has 0 unspecified atom stereocenters. The Morgan fingerprint density at radius 3 is 2.80 bits per heavy atom. The fourth-order valence-corrected chi connectivity index (χ4v) is 2.19. The van der Waals surface area contributed by atoms with E-state index in [4.69, 9.17) is 4.74 Å². The highest BCUT2D eigenvalue weighted by Crippen LogP contribution is 2.30. The lowest BCUT2D eigenvalue weighted by atomic mass is 10.1. The molecule has 1 heterocycles. The summed E-state index contributed by atoms with van der Waals surface area (Å²) in [5.41, 5.74) is 0.154. The lowest BCUT2D eigenvalue weighted by Crippen LogP contribution is -2.38. The molecule has 0 saturated carbocycles. The highest BCUT2D eigenvalue weighted by molar-refractivity contribution is 5.99. The standard InChI is InChI=1S/C14H18N2O4/c1-15-7-4-8-16(9-12(15)17)14(19)10-5-3-6-11(20-2)13(10)18/h3,5-6,18H,4,7-9H2,1-2H3. The molecular weight excluding hydrogens is 260 g/mol. The van der Waals surface area contributed by atoms with Crippen LogP contribution in [0.15, 0.2) is 18.2 Å². The summed E-state index contributed by atoms with van der Waals surface area (Å²) in [5.74, 6) is -0.401. The van der Waals surface area contributed by atoms with Crippen LogP contribution in [-0.4, -0.2) is 60.5 Å². The van der Waals surface area contributed by atoms with Gasteiger partial charge in [0.1, 0.15) is 6.54 Å². The zero-order chi connectivity index (χ0) is 14.7. The van der Waals surface area contributed by atoms with Crippen molar-refractivity contribution < 1.29 is 19.4 Å². The van der Waals surface area contributed by atoms with Crippen molar-refractivity contribution >= 4 is 11.8 Å². The van der Waals surface area contributed by atoms with Gasteiger partial charge in [-0.1, -0.05) is 6.07 Å². The molecule has 2 rings (SSSR count). The molecule has 0 aliphatic carbocycles. The molecule has 6 nitrogen and oxygen atoms in total. The topological polar surface area (TPSA) is 70.1 Å². The Morgan fingerprint density at radius 2 is 2.10 bits per heavy atom. The van der Waals surface area contributed by atoms with Crippen LogP contribution in [0.1, 0.15) is 16.8 Å². The van der Waals surface area contributed by atoms with E-state index >= 15 is 0 Å². The highest BCUT2D eigenvalue weighted by Gasteiger charge is 2.26. The number of hydrogen-bond acceptors (Lipinski definition) is 4. The molecule has 1 N–H and O–H groups in total. The minimum Gasteiger partial charge on any atom is -0.504 e. The molecule has 0 spiro atoms. The van der Waals surface area contributed by atoms with Crippen LogP contribution < -0.4 is 4.74 Å². The van der Waals surface area contributed by atoms with Crippen molar-refractivity contribution in [3.8, 4) is 11.5 Å². The number of nitrogens with zero attached hydrogens (tertiary/aromatic N) is 2. The summed E-state index contributed by atoms with van der Waals surface area (Å²) in [6, 6.07) is 4.74. The van der Waals surface area contributed by atoms with Crippen molar-refractivity contribution in [2.45, 2.75) is 6.42 Å². The molecule has 1 saturated heterocycles. The van der Waals surface area contributed by atoms with Crippen LogP contribution in [0, 0.1) is 0 Å². The lowest BCUT2D eigenvalue weighted by Gasteiger charge is -2.20. The van der Waals surface area contributed by atoms with Crippen molar-refractivity contribution in [3.63, 3.8) is 0 Å². The molecule has 1 aliphatic rings. The predicted octanol–water partition coefficient (Wildman–Crippen LogP) is 0.705. The lowest BCUT2D eigenvalue weighted by molar-refractivity contribution is -0.129. The molecule has 20 heavy (non-hydrogen) atoms. The first kappa shape index (κ1) is 14.2. The smallest absolute Gasteiger partial charge is 0.258 e. The van der Waals surface area contributed by atoms with Gasteiger partial charge in [-0.25, -0.2) is 0 Å². The maximum absolute atomic E-state index is 12.4. The second-order valence-corrected chi connectivity index (χ2v) is 4.75. The third-order valence-corrected chi connectivity index (χ3v) is 3.41. The number of phenolic OH excluding ortho intramolecular Hbond substituents is 1. The van der Waals surface area contributed by atoms with Crippen LogP contribution in [-0.2, 0) is 4.79 Å². The molecule has 1 fully saturated rings. The molecule has 0 radical (unpaired) electrons. The first-order valence-electron chi connectivity index (χ1n) is 6.43. The molecule has 108 valence electrons. The summed E-state index contributed by atoms with van der Waals surface area (Å²) in [4.78, 5) is 27.3. The summed E-state index contributed by atoms with van der Waals surface area (Å²) in [6.45, 7) is 1.16. The number of para-hydroxylation sites is 1. The first-order valence-corrected chi connectivity index (χ1v) is 6.43. The number of likely N-dealkylation sites (N-methyl/N-ethyl adjacent to an activating group) is 1. The van der Waals surface area contributed by atoms with Gasteiger partial charge in [0.15, 0.2) is 11.5 Å². The monoisotopic (exact) mass is 278 g/mol. The normalized spacial score (nSPS) is 16.0. The van der Waals surface area contributed by atoms with Crippen LogP contribution in [0.4, 0.5) is 0 Å². The first-order chi connectivity index (χ1) is 9.54. The van der Waals surface area contributed by atoms with E-state index in [1.165, 1.54) is 18.1 Å². The number of rotatable bonds is 2. The summed E-state index contributed by atoms with van der Waals surface area (Å²) in [7, 11) is 3.15. The number of carbonyl (C=O) groups is 2. The number of phenols is 1. The van der Waals surface area contributed by atoms with Gasteiger partial charge in [0, 0.05) is 20.1 Å².